The standard InChI is InChI=1S/C24H31ClN2O3S/c1-5-22(27(31(4,29)30)23-15-21(25)13-10-16(23)2)24(28)26-17(3)19-12-11-18-8-6-7-9-20(18)14-19/h10-15,17,22H,5-9H2,1-4H3,(H,26,28)/t17-,22+/m0/s1. The molecule has 1 N–H and O–H groups in total. The van der Waals surface area contributed by atoms with Crippen LogP contribution in [0, 0.1) is 6.92 Å². The Kier molecular flexibility index (Phi) is 7.32. The van der Waals surface area contributed by atoms with Gasteiger partial charge in [0.15, 0.2) is 0 Å². The summed E-state index contributed by atoms with van der Waals surface area (Å²) < 4.78 is 26.6. The van der Waals surface area contributed by atoms with Gasteiger partial charge < -0.3 is 5.32 Å². The molecule has 2 aromatic rings. The van der Waals surface area contributed by atoms with Gasteiger partial charge in [0, 0.05) is 5.02 Å². The first-order chi connectivity index (χ1) is 14.6. The molecule has 0 fully saturated rings. The number of carbonyl (C=O) groups is 1. The lowest BCUT2D eigenvalue weighted by Crippen LogP contribution is -2.50. The second-order valence-corrected chi connectivity index (χ2v) is 10.7. The number of carbonyl (C=O) groups excluding carboxylic acids is 1. The molecule has 0 saturated heterocycles. The Labute approximate surface area is 190 Å². The highest BCUT2D eigenvalue weighted by Gasteiger charge is 2.33. The monoisotopic (exact) mass is 462 g/mol. The fraction of sp³-hybridized carbons (Fsp3) is 0.458. The summed E-state index contributed by atoms with van der Waals surface area (Å²) in [6.45, 7) is 5.56. The zero-order valence-corrected chi connectivity index (χ0v) is 20.2. The highest BCUT2D eigenvalue weighted by Crippen LogP contribution is 2.30. The second kappa shape index (κ2) is 9.61. The predicted molar refractivity (Wildman–Crippen MR) is 127 cm³/mol. The Balaban J connectivity index is 1.87. The average molecular weight is 463 g/mol. The van der Waals surface area contributed by atoms with E-state index in [1.807, 2.05) is 20.8 Å². The normalized spacial score (nSPS) is 15.6. The molecule has 7 heteroatoms. The van der Waals surface area contributed by atoms with Crippen LogP contribution >= 0.6 is 11.6 Å². The zero-order valence-electron chi connectivity index (χ0n) is 18.6. The van der Waals surface area contributed by atoms with Crippen LogP contribution in [0.4, 0.5) is 5.69 Å². The van der Waals surface area contributed by atoms with Gasteiger partial charge in [-0.1, -0.05) is 42.8 Å². The fourth-order valence-corrected chi connectivity index (χ4v) is 5.70. The van der Waals surface area contributed by atoms with Gasteiger partial charge in [-0.3, -0.25) is 9.10 Å². The van der Waals surface area contributed by atoms with E-state index in [2.05, 4.69) is 23.5 Å². The smallest absolute Gasteiger partial charge is 0.244 e. The molecule has 0 radical (unpaired) electrons. The van der Waals surface area contributed by atoms with Gasteiger partial charge in [-0.05, 0) is 80.3 Å². The van der Waals surface area contributed by atoms with E-state index in [1.54, 1.807) is 18.2 Å². The van der Waals surface area contributed by atoms with E-state index in [-0.39, 0.29) is 11.9 Å². The number of sulfonamides is 1. The number of benzene rings is 2. The van der Waals surface area contributed by atoms with Crippen LogP contribution in [0.25, 0.3) is 0 Å². The SMILES string of the molecule is CC[C@H](C(=O)N[C@@H](C)c1ccc2c(c1)CCCC2)N(c1cc(Cl)ccc1C)S(C)(=O)=O. The maximum atomic E-state index is 13.3. The molecule has 31 heavy (non-hydrogen) atoms. The van der Waals surface area contributed by atoms with Crippen molar-refractivity contribution >= 4 is 33.2 Å². The molecule has 0 aromatic heterocycles. The van der Waals surface area contributed by atoms with E-state index < -0.39 is 16.1 Å². The number of nitrogens with zero attached hydrogens (tertiary/aromatic N) is 1. The third-order valence-electron chi connectivity index (χ3n) is 5.97. The lowest BCUT2D eigenvalue weighted by Gasteiger charge is -2.32. The maximum absolute atomic E-state index is 13.3. The summed E-state index contributed by atoms with van der Waals surface area (Å²) in [5, 5.41) is 3.46. The van der Waals surface area contributed by atoms with Crippen LogP contribution in [-0.4, -0.2) is 26.6 Å². The van der Waals surface area contributed by atoms with Crippen molar-refractivity contribution in [2.24, 2.45) is 0 Å². The van der Waals surface area contributed by atoms with Gasteiger partial charge in [-0.15, -0.1) is 0 Å². The summed E-state index contributed by atoms with van der Waals surface area (Å²) in [6.07, 6.45) is 6.05. The van der Waals surface area contributed by atoms with Crippen molar-refractivity contribution in [3.8, 4) is 0 Å². The van der Waals surface area contributed by atoms with Gasteiger partial charge in [-0.2, -0.15) is 0 Å². The van der Waals surface area contributed by atoms with Gasteiger partial charge in [0.25, 0.3) is 0 Å². The number of hydrogen-bond acceptors (Lipinski definition) is 3. The molecule has 1 aliphatic rings. The van der Waals surface area contributed by atoms with Crippen molar-refractivity contribution in [2.45, 2.75) is 65.0 Å². The number of hydrogen-bond donors (Lipinski definition) is 1. The lowest BCUT2D eigenvalue weighted by atomic mass is 9.89. The Morgan fingerprint density at radius 3 is 2.45 bits per heavy atom. The molecule has 0 aliphatic heterocycles. The summed E-state index contributed by atoms with van der Waals surface area (Å²) >= 11 is 6.14. The number of nitrogens with one attached hydrogen (secondary N) is 1. The highest BCUT2D eigenvalue weighted by atomic mass is 35.5. The van der Waals surface area contributed by atoms with Crippen LogP contribution in [0.15, 0.2) is 36.4 Å². The van der Waals surface area contributed by atoms with Crippen molar-refractivity contribution < 1.29 is 13.2 Å². The number of amides is 1. The summed E-state index contributed by atoms with van der Waals surface area (Å²) in [7, 11) is -3.71. The molecule has 1 aliphatic carbocycles. The van der Waals surface area contributed by atoms with E-state index in [9.17, 15) is 13.2 Å². The molecular formula is C24H31ClN2O3S. The van der Waals surface area contributed by atoms with Gasteiger partial charge in [0.2, 0.25) is 15.9 Å². The van der Waals surface area contributed by atoms with E-state index in [0.29, 0.717) is 17.1 Å². The van der Waals surface area contributed by atoms with E-state index >= 15 is 0 Å². The summed E-state index contributed by atoms with van der Waals surface area (Å²) in [5.41, 5.74) is 4.94. The molecule has 1 amide bonds. The first kappa shape index (κ1) is 23.6. The van der Waals surface area contributed by atoms with Gasteiger partial charge in [0.05, 0.1) is 18.0 Å². The van der Waals surface area contributed by atoms with E-state index in [0.717, 1.165) is 30.2 Å². The quantitative estimate of drug-likeness (QED) is 0.633. The minimum atomic E-state index is -3.71. The van der Waals surface area contributed by atoms with Crippen molar-refractivity contribution in [1.82, 2.24) is 5.32 Å². The Hall–Kier alpha value is -2.05. The van der Waals surface area contributed by atoms with Crippen LogP contribution in [-0.2, 0) is 27.7 Å². The number of aryl methyl sites for hydroxylation is 3. The van der Waals surface area contributed by atoms with Crippen molar-refractivity contribution in [3.63, 3.8) is 0 Å². The van der Waals surface area contributed by atoms with Gasteiger partial charge >= 0.3 is 0 Å². The van der Waals surface area contributed by atoms with Crippen LogP contribution < -0.4 is 9.62 Å². The molecule has 2 aromatic carbocycles. The third-order valence-corrected chi connectivity index (χ3v) is 7.37. The molecule has 0 saturated carbocycles. The van der Waals surface area contributed by atoms with Crippen LogP contribution in [0.1, 0.15) is 61.4 Å². The molecule has 3 rings (SSSR count). The Morgan fingerprint density at radius 2 is 1.81 bits per heavy atom. The lowest BCUT2D eigenvalue weighted by molar-refractivity contribution is -0.122. The minimum Gasteiger partial charge on any atom is -0.348 e. The van der Waals surface area contributed by atoms with Crippen molar-refractivity contribution in [3.05, 3.63) is 63.7 Å². The van der Waals surface area contributed by atoms with Crippen molar-refractivity contribution in [1.29, 1.82) is 0 Å². The second-order valence-electron chi connectivity index (χ2n) is 8.38. The molecule has 0 heterocycles. The van der Waals surface area contributed by atoms with Crippen LogP contribution in [0.2, 0.25) is 5.02 Å². The topological polar surface area (TPSA) is 66.5 Å². The van der Waals surface area contributed by atoms with Crippen LogP contribution in [0.5, 0.6) is 0 Å². The molecule has 0 spiro atoms. The number of rotatable bonds is 7. The van der Waals surface area contributed by atoms with Crippen LogP contribution in [0.3, 0.4) is 0 Å². The van der Waals surface area contributed by atoms with Crippen molar-refractivity contribution in [2.75, 3.05) is 10.6 Å². The van der Waals surface area contributed by atoms with E-state index in [1.165, 1.54) is 28.3 Å². The zero-order chi connectivity index (χ0) is 22.8. The Morgan fingerprint density at radius 1 is 1.13 bits per heavy atom. The Bertz CT molecular complexity index is 1070. The minimum absolute atomic E-state index is 0.226. The highest BCUT2D eigenvalue weighted by molar-refractivity contribution is 7.92. The first-order valence-corrected chi connectivity index (χ1v) is 13.0. The molecule has 0 unspecified atom stereocenters. The molecule has 0 bridgehead atoms. The molecule has 168 valence electrons. The summed E-state index contributed by atoms with van der Waals surface area (Å²) in [6, 6.07) is 10.4. The van der Waals surface area contributed by atoms with Gasteiger partial charge in [0.1, 0.15) is 6.04 Å². The largest absolute Gasteiger partial charge is 0.348 e. The van der Waals surface area contributed by atoms with Gasteiger partial charge in [-0.25, -0.2) is 8.42 Å². The number of halogens is 1. The summed E-state index contributed by atoms with van der Waals surface area (Å²) in [5.74, 6) is -0.322. The number of anilines is 1. The van der Waals surface area contributed by atoms with E-state index in [4.69, 9.17) is 11.6 Å². The molecule has 2 atom stereocenters. The predicted octanol–water partition coefficient (Wildman–Crippen LogP) is 4.95. The average Bonchev–Trinajstić information content (AvgIpc) is 2.72. The summed E-state index contributed by atoms with van der Waals surface area (Å²) in [4.78, 5) is 13.3. The third kappa shape index (κ3) is 5.42. The molecule has 5 nitrogen and oxygen atoms in total. The number of fused-ring (bicyclic) bond motifs is 1. The first-order valence-electron chi connectivity index (χ1n) is 10.8. The molecular weight excluding hydrogens is 432 g/mol. The fourth-order valence-electron chi connectivity index (χ4n) is 4.27. The maximum Gasteiger partial charge on any atom is 0.244 e.